The summed E-state index contributed by atoms with van der Waals surface area (Å²) in [5, 5.41) is 20.6. The molecule has 0 saturated carbocycles. The Morgan fingerprint density at radius 2 is 1.21 bits per heavy atom. The fourth-order valence-electron chi connectivity index (χ4n) is 2.40. The molecule has 2 aromatic rings. The van der Waals surface area contributed by atoms with Crippen LogP contribution in [0.15, 0.2) is 60.7 Å². The van der Waals surface area contributed by atoms with E-state index in [9.17, 15) is 10.2 Å². The lowest BCUT2D eigenvalue weighted by Crippen LogP contribution is -2.43. The molecule has 19 heavy (non-hydrogen) atoms. The Morgan fingerprint density at radius 1 is 0.842 bits per heavy atom. The molecule has 0 saturated heterocycles. The fraction of sp³-hybridized carbons (Fsp3) is 0.294. The molecule has 2 heteroatoms. The van der Waals surface area contributed by atoms with E-state index in [4.69, 9.17) is 0 Å². The van der Waals surface area contributed by atoms with Crippen LogP contribution in [0.5, 0.6) is 0 Å². The molecular formula is C17H20O2. The topological polar surface area (TPSA) is 40.5 Å². The lowest BCUT2D eigenvalue weighted by molar-refractivity contribution is -0.0630. The standard InChI is InChI=1S/C17H20O2/c1-13(18)17(2,19)16(14-9-5-3-6-10-14)15-11-7-4-8-12-15/h3-13,16,18-19H,1-2H3. The Balaban J connectivity index is 2.52. The van der Waals surface area contributed by atoms with Gasteiger partial charge in [-0.2, -0.15) is 0 Å². The van der Waals surface area contributed by atoms with E-state index in [2.05, 4.69) is 0 Å². The van der Waals surface area contributed by atoms with Gasteiger partial charge in [-0.3, -0.25) is 0 Å². The van der Waals surface area contributed by atoms with Gasteiger partial charge in [0.25, 0.3) is 0 Å². The number of hydrogen-bond donors (Lipinski definition) is 2. The van der Waals surface area contributed by atoms with Crippen LogP contribution in [0.4, 0.5) is 0 Å². The van der Waals surface area contributed by atoms with Crippen molar-refractivity contribution in [1.82, 2.24) is 0 Å². The zero-order chi connectivity index (χ0) is 13.9. The van der Waals surface area contributed by atoms with E-state index in [1.165, 1.54) is 0 Å². The first-order valence-electron chi connectivity index (χ1n) is 6.54. The third-order valence-corrected chi connectivity index (χ3v) is 3.70. The highest BCUT2D eigenvalue weighted by Gasteiger charge is 2.38. The van der Waals surface area contributed by atoms with E-state index in [1.54, 1.807) is 13.8 Å². The molecule has 0 bridgehead atoms. The second kappa shape index (κ2) is 5.55. The highest BCUT2D eigenvalue weighted by molar-refractivity contribution is 5.36. The molecular weight excluding hydrogens is 236 g/mol. The lowest BCUT2D eigenvalue weighted by Gasteiger charge is -2.36. The van der Waals surface area contributed by atoms with E-state index in [1.807, 2.05) is 60.7 Å². The molecule has 0 fully saturated rings. The van der Waals surface area contributed by atoms with Gasteiger partial charge < -0.3 is 10.2 Å². The van der Waals surface area contributed by atoms with Gasteiger partial charge in [0, 0.05) is 5.92 Å². The third kappa shape index (κ3) is 2.86. The van der Waals surface area contributed by atoms with Gasteiger partial charge in [0.1, 0.15) is 0 Å². The van der Waals surface area contributed by atoms with Crippen LogP contribution < -0.4 is 0 Å². The molecule has 0 amide bonds. The predicted octanol–water partition coefficient (Wildman–Crippen LogP) is 2.95. The summed E-state index contributed by atoms with van der Waals surface area (Å²) < 4.78 is 0. The maximum atomic E-state index is 10.7. The smallest absolute Gasteiger partial charge is 0.0983 e. The molecule has 100 valence electrons. The first-order valence-corrected chi connectivity index (χ1v) is 6.54. The van der Waals surface area contributed by atoms with Gasteiger partial charge >= 0.3 is 0 Å². The van der Waals surface area contributed by atoms with Crippen LogP contribution in [0.25, 0.3) is 0 Å². The average molecular weight is 256 g/mol. The molecule has 0 radical (unpaired) electrons. The number of aliphatic hydroxyl groups is 2. The van der Waals surface area contributed by atoms with Crippen LogP contribution in [0.2, 0.25) is 0 Å². The van der Waals surface area contributed by atoms with Gasteiger partial charge in [0.15, 0.2) is 0 Å². The van der Waals surface area contributed by atoms with Crippen LogP contribution in [0, 0.1) is 0 Å². The fourth-order valence-corrected chi connectivity index (χ4v) is 2.40. The molecule has 2 aromatic carbocycles. The third-order valence-electron chi connectivity index (χ3n) is 3.70. The van der Waals surface area contributed by atoms with Crippen molar-refractivity contribution in [3.8, 4) is 0 Å². The van der Waals surface area contributed by atoms with E-state index in [0.717, 1.165) is 11.1 Å². The maximum absolute atomic E-state index is 10.7. The van der Waals surface area contributed by atoms with Gasteiger partial charge in [0.05, 0.1) is 11.7 Å². The molecule has 2 atom stereocenters. The van der Waals surface area contributed by atoms with Gasteiger partial charge in [-0.15, -0.1) is 0 Å². The Labute approximate surface area is 114 Å². The minimum Gasteiger partial charge on any atom is -0.390 e. The second-order valence-electron chi connectivity index (χ2n) is 5.16. The van der Waals surface area contributed by atoms with Crippen molar-refractivity contribution in [3.05, 3.63) is 71.8 Å². The first-order chi connectivity index (χ1) is 9.03. The zero-order valence-electron chi connectivity index (χ0n) is 11.3. The summed E-state index contributed by atoms with van der Waals surface area (Å²) in [5.74, 6) is -0.255. The summed E-state index contributed by atoms with van der Waals surface area (Å²) >= 11 is 0. The van der Waals surface area contributed by atoms with Gasteiger partial charge in [-0.1, -0.05) is 60.7 Å². The van der Waals surface area contributed by atoms with E-state index < -0.39 is 11.7 Å². The summed E-state index contributed by atoms with van der Waals surface area (Å²) in [5.41, 5.74) is 0.780. The minimum atomic E-state index is -1.22. The van der Waals surface area contributed by atoms with Crippen molar-refractivity contribution in [1.29, 1.82) is 0 Å². The predicted molar refractivity (Wildman–Crippen MR) is 77.0 cm³/mol. The summed E-state index contributed by atoms with van der Waals surface area (Å²) in [6, 6.07) is 19.6. The van der Waals surface area contributed by atoms with Crippen molar-refractivity contribution in [2.45, 2.75) is 31.5 Å². The molecule has 2 unspecified atom stereocenters. The Hall–Kier alpha value is -1.64. The summed E-state index contributed by atoms with van der Waals surface area (Å²) in [6.45, 7) is 3.31. The van der Waals surface area contributed by atoms with Crippen LogP contribution >= 0.6 is 0 Å². The molecule has 0 aliphatic rings. The lowest BCUT2D eigenvalue weighted by atomic mass is 9.76. The summed E-state index contributed by atoms with van der Waals surface area (Å²) in [7, 11) is 0. The van der Waals surface area contributed by atoms with Crippen molar-refractivity contribution in [2.24, 2.45) is 0 Å². The van der Waals surface area contributed by atoms with Crippen molar-refractivity contribution >= 4 is 0 Å². The molecule has 0 spiro atoms. The Kier molecular flexibility index (Phi) is 4.03. The minimum absolute atomic E-state index is 0.255. The van der Waals surface area contributed by atoms with E-state index in [-0.39, 0.29) is 5.92 Å². The molecule has 0 aliphatic carbocycles. The van der Waals surface area contributed by atoms with Crippen LogP contribution in [-0.4, -0.2) is 21.9 Å². The maximum Gasteiger partial charge on any atom is 0.0983 e. The summed E-state index contributed by atoms with van der Waals surface area (Å²) in [4.78, 5) is 0. The quantitative estimate of drug-likeness (QED) is 0.883. The van der Waals surface area contributed by atoms with Gasteiger partial charge in [0.2, 0.25) is 0 Å². The molecule has 0 heterocycles. The van der Waals surface area contributed by atoms with E-state index >= 15 is 0 Å². The number of benzene rings is 2. The SMILES string of the molecule is CC(O)C(C)(O)C(c1ccccc1)c1ccccc1. The highest BCUT2D eigenvalue weighted by Crippen LogP contribution is 2.36. The van der Waals surface area contributed by atoms with Crippen LogP contribution in [-0.2, 0) is 0 Å². The Bertz CT molecular complexity index is 464. The van der Waals surface area contributed by atoms with Crippen LogP contribution in [0.3, 0.4) is 0 Å². The molecule has 2 N–H and O–H groups in total. The normalized spacial score (nSPS) is 16.1. The van der Waals surface area contributed by atoms with Crippen molar-refractivity contribution < 1.29 is 10.2 Å². The van der Waals surface area contributed by atoms with Gasteiger partial charge in [-0.05, 0) is 25.0 Å². The first kappa shape index (κ1) is 13.8. The van der Waals surface area contributed by atoms with Crippen molar-refractivity contribution in [3.63, 3.8) is 0 Å². The monoisotopic (exact) mass is 256 g/mol. The van der Waals surface area contributed by atoms with Gasteiger partial charge in [-0.25, -0.2) is 0 Å². The largest absolute Gasteiger partial charge is 0.390 e. The number of hydrogen-bond acceptors (Lipinski definition) is 2. The second-order valence-corrected chi connectivity index (χ2v) is 5.16. The number of rotatable bonds is 4. The summed E-state index contributed by atoms with van der Waals surface area (Å²) in [6.07, 6.45) is -0.821. The molecule has 0 aliphatic heterocycles. The van der Waals surface area contributed by atoms with Crippen LogP contribution in [0.1, 0.15) is 30.9 Å². The van der Waals surface area contributed by atoms with Crippen molar-refractivity contribution in [2.75, 3.05) is 0 Å². The number of aliphatic hydroxyl groups excluding tert-OH is 1. The highest BCUT2D eigenvalue weighted by atomic mass is 16.3. The molecule has 0 aromatic heterocycles. The molecule has 2 rings (SSSR count). The zero-order valence-corrected chi connectivity index (χ0v) is 11.3. The molecule has 2 nitrogen and oxygen atoms in total. The average Bonchev–Trinajstić information content (AvgIpc) is 2.41. The Morgan fingerprint density at radius 3 is 1.53 bits per heavy atom. The van der Waals surface area contributed by atoms with E-state index in [0.29, 0.717) is 0 Å².